The molecule has 1 aromatic rings. The second kappa shape index (κ2) is 6.79. The number of benzene rings is 1. The average molecular weight is 248 g/mol. The van der Waals surface area contributed by atoms with Crippen molar-refractivity contribution in [3.8, 4) is 0 Å². The van der Waals surface area contributed by atoms with Gasteiger partial charge in [-0.05, 0) is 49.9 Å². The highest BCUT2D eigenvalue weighted by molar-refractivity contribution is 5.48. The summed E-state index contributed by atoms with van der Waals surface area (Å²) in [4.78, 5) is 2.44. The Labute approximate surface area is 112 Å². The van der Waals surface area contributed by atoms with Gasteiger partial charge in [-0.15, -0.1) is 0 Å². The average Bonchev–Trinajstić information content (AvgIpc) is 2.36. The van der Waals surface area contributed by atoms with E-state index < -0.39 is 0 Å². The molecule has 0 spiro atoms. The Morgan fingerprint density at radius 2 is 2.00 bits per heavy atom. The summed E-state index contributed by atoms with van der Waals surface area (Å²) < 4.78 is 0. The first kappa shape index (κ1) is 15.0. The van der Waals surface area contributed by atoms with Crippen molar-refractivity contribution in [3.63, 3.8) is 0 Å². The molecular formula is C16H28N2. The number of nitrogens with zero attached hydrogens (tertiary/aromatic N) is 1. The summed E-state index contributed by atoms with van der Waals surface area (Å²) in [7, 11) is 0. The number of hydrogen-bond donors (Lipinski definition) is 1. The number of hydrogen-bond acceptors (Lipinski definition) is 2. The quantitative estimate of drug-likeness (QED) is 0.799. The molecule has 0 aliphatic rings. The van der Waals surface area contributed by atoms with Crippen molar-refractivity contribution in [2.45, 2.75) is 40.5 Å². The first-order valence-electron chi connectivity index (χ1n) is 7.06. The molecule has 0 saturated heterocycles. The molecule has 1 rings (SSSR count). The molecule has 2 heteroatoms. The molecule has 18 heavy (non-hydrogen) atoms. The smallest absolute Gasteiger partial charge is 0.0368 e. The Morgan fingerprint density at radius 1 is 1.28 bits per heavy atom. The molecule has 102 valence electrons. The van der Waals surface area contributed by atoms with Crippen LogP contribution in [0.3, 0.4) is 0 Å². The van der Waals surface area contributed by atoms with E-state index in [-0.39, 0.29) is 5.41 Å². The van der Waals surface area contributed by atoms with E-state index in [4.69, 9.17) is 5.73 Å². The second-order valence-electron chi connectivity index (χ2n) is 5.62. The lowest BCUT2D eigenvalue weighted by atomic mass is 9.85. The fourth-order valence-corrected chi connectivity index (χ4v) is 2.52. The summed E-state index contributed by atoms with van der Waals surface area (Å²) in [6, 6.07) is 8.73. The molecule has 0 fully saturated rings. The first-order valence-corrected chi connectivity index (χ1v) is 7.06. The predicted molar refractivity (Wildman–Crippen MR) is 81.1 cm³/mol. The van der Waals surface area contributed by atoms with Gasteiger partial charge in [-0.25, -0.2) is 0 Å². The van der Waals surface area contributed by atoms with Crippen LogP contribution in [0.5, 0.6) is 0 Å². The number of nitrogens with two attached hydrogens (primary N) is 1. The molecule has 0 heterocycles. The summed E-state index contributed by atoms with van der Waals surface area (Å²) in [5.41, 5.74) is 8.82. The Kier molecular flexibility index (Phi) is 5.67. The fourth-order valence-electron chi connectivity index (χ4n) is 2.52. The van der Waals surface area contributed by atoms with Gasteiger partial charge in [0.1, 0.15) is 0 Å². The van der Waals surface area contributed by atoms with Crippen LogP contribution in [0, 0.1) is 12.3 Å². The van der Waals surface area contributed by atoms with Crippen molar-refractivity contribution in [1.29, 1.82) is 0 Å². The van der Waals surface area contributed by atoms with E-state index in [9.17, 15) is 0 Å². The molecule has 1 aromatic carbocycles. The van der Waals surface area contributed by atoms with Crippen LogP contribution in [-0.2, 0) is 0 Å². The molecular weight excluding hydrogens is 220 g/mol. The van der Waals surface area contributed by atoms with Crippen molar-refractivity contribution < 1.29 is 0 Å². The summed E-state index contributed by atoms with van der Waals surface area (Å²) in [6.45, 7) is 11.7. The van der Waals surface area contributed by atoms with E-state index >= 15 is 0 Å². The van der Waals surface area contributed by atoms with Crippen LogP contribution < -0.4 is 10.6 Å². The van der Waals surface area contributed by atoms with Gasteiger partial charge in [0, 0.05) is 18.8 Å². The Hall–Kier alpha value is -1.02. The van der Waals surface area contributed by atoms with Crippen LogP contribution in [0.4, 0.5) is 5.69 Å². The van der Waals surface area contributed by atoms with Gasteiger partial charge in [-0.3, -0.25) is 0 Å². The third-order valence-electron chi connectivity index (χ3n) is 3.67. The van der Waals surface area contributed by atoms with Crippen LogP contribution in [-0.4, -0.2) is 19.6 Å². The topological polar surface area (TPSA) is 29.3 Å². The number of anilines is 1. The Balaban J connectivity index is 2.84. The van der Waals surface area contributed by atoms with Gasteiger partial charge in [0.2, 0.25) is 0 Å². The number of rotatable bonds is 7. The van der Waals surface area contributed by atoms with Gasteiger partial charge >= 0.3 is 0 Å². The van der Waals surface area contributed by atoms with Crippen molar-refractivity contribution in [2.75, 3.05) is 24.5 Å². The summed E-state index contributed by atoms with van der Waals surface area (Å²) in [6.07, 6.45) is 2.38. The van der Waals surface area contributed by atoms with Gasteiger partial charge in [0.15, 0.2) is 0 Å². The SMILES string of the molecule is CCCC(C)(CN)CN(CC)c1cccc(C)c1. The highest BCUT2D eigenvalue weighted by Crippen LogP contribution is 2.26. The third-order valence-corrected chi connectivity index (χ3v) is 3.67. The molecule has 0 aliphatic carbocycles. The predicted octanol–water partition coefficient (Wildman–Crippen LogP) is 3.59. The monoisotopic (exact) mass is 248 g/mol. The lowest BCUT2D eigenvalue weighted by Crippen LogP contribution is -2.40. The molecule has 0 aliphatic heterocycles. The summed E-state index contributed by atoms with van der Waals surface area (Å²) >= 11 is 0. The molecule has 1 atom stereocenters. The van der Waals surface area contributed by atoms with E-state index in [0.29, 0.717) is 0 Å². The minimum Gasteiger partial charge on any atom is -0.371 e. The molecule has 0 bridgehead atoms. The van der Waals surface area contributed by atoms with Gasteiger partial charge in [-0.2, -0.15) is 0 Å². The Bertz CT molecular complexity index is 362. The van der Waals surface area contributed by atoms with E-state index in [1.54, 1.807) is 0 Å². The summed E-state index contributed by atoms with van der Waals surface area (Å²) in [5.74, 6) is 0. The maximum Gasteiger partial charge on any atom is 0.0368 e. The highest BCUT2D eigenvalue weighted by Gasteiger charge is 2.24. The van der Waals surface area contributed by atoms with E-state index in [2.05, 4.69) is 56.9 Å². The fraction of sp³-hybridized carbons (Fsp3) is 0.625. The molecule has 0 radical (unpaired) electrons. The van der Waals surface area contributed by atoms with Gasteiger partial charge in [0.25, 0.3) is 0 Å². The minimum atomic E-state index is 0.217. The van der Waals surface area contributed by atoms with Crippen LogP contribution in [0.15, 0.2) is 24.3 Å². The van der Waals surface area contributed by atoms with Crippen molar-refractivity contribution in [3.05, 3.63) is 29.8 Å². The maximum atomic E-state index is 5.98. The normalized spacial score (nSPS) is 14.3. The largest absolute Gasteiger partial charge is 0.371 e. The zero-order valence-electron chi connectivity index (χ0n) is 12.4. The highest BCUT2D eigenvalue weighted by atomic mass is 15.1. The zero-order valence-corrected chi connectivity index (χ0v) is 12.4. The van der Waals surface area contributed by atoms with E-state index in [1.807, 2.05) is 0 Å². The van der Waals surface area contributed by atoms with Gasteiger partial charge < -0.3 is 10.6 Å². The second-order valence-corrected chi connectivity index (χ2v) is 5.62. The molecule has 2 N–H and O–H groups in total. The van der Waals surface area contributed by atoms with Crippen molar-refractivity contribution in [2.24, 2.45) is 11.1 Å². The van der Waals surface area contributed by atoms with Crippen molar-refractivity contribution in [1.82, 2.24) is 0 Å². The summed E-state index contributed by atoms with van der Waals surface area (Å²) in [5, 5.41) is 0. The minimum absolute atomic E-state index is 0.217. The molecule has 0 aromatic heterocycles. The lowest BCUT2D eigenvalue weighted by Gasteiger charge is -2.35. The van der Waals surface area contributed by atoms with Crippen LogP contribution >= 0.6 is 0 Å². The van der Waals surface area contributed by atoms with Crippen LogP contribution in [0.2, 0.25) is 0 Å². The van der Waals surface area contributed by atoms with Gasteiger partial charge in [0.05, 0.1) is 0 Å². The van der Waals surface area contributed by atoms with Crippen LogP contribution in [0.1, 0.15) is 39.2 Å². The van der Waals surface area contributed by atoms with Gasteiger partial charge in [-0.1, -0.05) is 32.4 Å². The standard InChI is InChI=1S/C16H28N2/c1-5-10-16(4,12-17)13-18(6-2)15-9-7-8-14(3)11-15/h7-9,11H,5-6,10,12-13,17H2,1-4H3. The maximum absolute atomic E-state index is 5.98. The Morgan fingerprint density at radius 3 is 2.50 bits per heavy atom. The van der Waals surface area contributed by atoms with Crippen LogP contribution in [0.25, 0.3) is 0 Å². The molecule has 0 saturated carbocycles. The van der Waals surface area contributed by atoms with E-state index in [0.717, 1.165) is 19.6 Å². The molecule has 0 amide bonds. The number of aryl methyl sites for hydroxylation is 1. The first-order chi connectivity index (χ1) is 8.54. The van der Waals surface area contributed by atoms with E-state index in [1.165, 1.54) is 24.1 Å². The zero-order chi connectivity index (χ0) is 13.6. The van der Waals surface area contributed by atoms with Crippen molar-refractivity contribution >= 4 is 5.69 Å². The lowest BCUT2D eigenvalue weighted by molar-refractivity contribution is 0.308. The molecule has 1 unspecified atom stereocenters. The third kappa shape index (κ3) is 4.02. The molecule has 2 nitrogen and oxygen atoms in total.